The molecule has 0 atom stereocenters. The van der Waals surface area contributed by atoms with Crippen LogP contribution in [0.2, 0.25) is 0 Å². The Bertz CT molecular complexity index is 531. The maximum atomic E-state index is 11.5. The summed E-state index contributed by atoms with van der Waals surface area (Å²) in [6, 6.07) is 4.90. The van der Waals surface area contributed by atoms with E-state index in [9.17, 15) is 8.42 Å². The first-order chi connectivity index (χ1) is 7.85. The van der Waals surface area contributed by atoms with Crippen molar-refractivity contribution in [3.8, 4) is 0 Å². The number of hydrogen-bond acceptors (Lipinski definition) is 3. The van der Waals surface area contributed by atoms with Crippen molar-refractivity contribution in [2.24, 2.45) is 5.73 Å². The maximum absolute atomic E-state index is 11.5. The molecule has 0 spiro atoms. The summed E-state index contributed by atoms with van der Waals surface area (Å²) < 4.78 is 28.2. The highest BCUT2D eigenvalue weighted by atomic mass is 79.9. The summed E-state index contributed by atoms with van der Waals surface area (Å²) in [5.74, 6) is 0. The molecule has 1 aromatic rings. The lowest BCUT2D eigenvalue weighted by molar-refractivity contribution is 0.589. The highest BCUT2D eigenvalue weighted by molar-refractivity contribution is 9.10. The molecule has 0 aromatic heterocycles. The summed E-state index contributed by atoms with van der Waals surface area (Å²) in [6.45, 7) is 2.02. The van der Waals surface area contributed by atoms with Gasteiger partial charge in [0.1, 0.15) is 4.99 Å². The van der Waals surface area contributed by atoms with Gasteiger partial charge in [0.25, 0.3) is 10.2 Å². The molecule has 0 aliphatic carbocycles. The molecule has 0 saturated carbocycles. The van der Waals surface area contributed by atoms with Crippen LogP contribution in [0.25, 0.3) is 0 Å². The third-order valence-electron chi connectivity index (χ3n) is 1.83. The molecule has 0 saturated heterocycles. The van der Waals surface area contributed by atoms with Crippen LogP contribution in [0.3, 0.4) is 0 Å². The first-order valence-electron chi connectivity index (χ1n) is 4.72. The second kappa shape index (κ2) is 5.76. The Morgan fingerprint density at radius 2 is 2.18 bits per heavy atom. The highest BCUT2D eigenvalue weighted by Crippen LogP contribution is 2.24. The van der Waals surface area contributed by atoms with E-state index in [1.165, 1.54) is 0 Å². The smallest absolute Gasteiger partial charge is 0.299 e. The first-order valence-corrected chi connectivity index (χ1v) is 7.41. The van der Waals surface area contributed by atoms with Crippen molar-refractivity contribution in [1.82, 2.24) is 4.72 Å². The van der Waals surface area contributed by atoms with Crippen LogP contribution >= 0.6 is 28.1 Å². The second-order valence-corrected chi connectivity index (χ2v) is 5.96. The molecule has 17 heavy (non-hydrogen) atoms. The molecule has 0 radical (unpaired) electrons. The Morgan fingerprint density at radius 3 is 2.65 bits per heavy atom. The van der Waals surface area contributed by atoms with Crippen molar-refractivity contribution in [3.63, 3.8) is 0 Å². The van der Waals surface area contributed by atoms with Crippen molar-refractivity contribution < 1.29 is 8.42 Å². The van der Waals surface area contributed by atoms with Gasteiger partial charge in [-0.25, -0.2) is 0 Å². The van der Waals surface area contributed by atoms with Crippen LogP contribution in [0.5, 0.6) is 0 Å². The van der Waals surface area contributed by atoms with E-state index in [0.29, 0.717) is 22.3 Å². The quantitative estimate of drug-likeness (QED) is 0.708. The zero-order chi connectivity index (χ0) is 13.1. The Hall–Kier alpha value is -0.700. The molecule has 0 bridgehead atoms. The molecule has 0 aliphatic rings. The van der Waals surface area contributed by atoms with Crippen molar-refractivity contribution in [2.75, 3.05) is 11.3 Å². The summed E-state index contributed by atoms with van der Waals surface area (Å²) in [6.07, 6.45) is 0. The van der Waals surface area contributed by atoms with E-state index in [-0.39, 0.29) is 4.99 Å². The molecule has 1 aromatic carbocycles. The van der Waals surface area contributed by atoms with E-state index in [0.717, 1.165) is 0 Å². The van der Waals surface area contributed by atoms with E-state index < -0.39 is 10.2 Å². The Labute approximate surface area is 114 Å². The van der Waals surface area contributed by atoms with Crippen molar-refractivity contribution >= 4 is 49.0 Å². The molecule has 0 fully saturated rings. The number of nitrogens with one attached hydrogen (secondary N) is 2. The third kappa shape index (κ3) is 4.23. The summed E-state index contributed by atoms with van der Waals surface area (Å²) in [5, 5.41) is 0. The van der Waals surface area contributed by atoms with Gasteiger partial charge in [-0.3, -0.25) is 4.72 Å². The minimum Gasteiger partial charge on any atom is -0.389 e. The minimum atomic E-state index is -3.53. The normalized spacial score (nSPS) is 11.2. The summed E-state index contributed by atoms with van der Waals surface area (Å²) >= 11 is 8.07. The van der Waals surface area contributed by atoms with Crippen LogP contribution in [0.4, 0.5) is 5.69 Å². The van der Waals surface area contributed by atoms with E-state index in [1.807, 2.05) is 0 Å². The lowest BCUT2D eigenvalue weighted by Crippen LogP contribution is -2.29. The highest BCUT2D eigenvalue weighted by Gasteiger charge is 2.11. The van der Waals surface area contributed by atoms with Crippen LogP contribution in [0.1, 0.15) is 12.5 Å². The predicted octanol–water partition coefficient (Wildman–Crippen LogP) is 1.35. The Kier molecular flexibility index (Phi) is 4.87. The largest absolute Gasteiger partial charge is 0.389 e. The molecule has 0 aliphatic heterocycles. The van der Waals surface area contributed by atoms with Crippen LogP contribution < -0.4 is 15.2 Å². The van der Waals surface area contributed by atoms with Gasteiger partial charge in [0.2, 0.25) is 0 Å². The molecule has 4 N–H and O–H groups in total. The fourth-order valence-corrected chi connectivity index (χ4v) is 2.78. The van der Waals surface area contributed by atoms with Gasteiger partial charge in [0.05, 0.1) is 5.69 Å². The van der Waals surface area contributed by atoms with Gasteiger partial charge < -0.3 is 5.73 Å². The van der Waals surface area contributed by atoms with Gasteiger partial charge in [-0.1, -0.05) is 19.1 Å². The lowest BCUT2D eigenvalue weighted by Gasteiger charge is -2.10. The summed E-state index contributed by atoms with van der Waals surface area (Å²) in [7, 11) is -3.53. The summed E-state index contributed by atoms with van der Waals surface area (Å²) in [5.41, 5.74) is 6.55. The van der Waals surface area contributed by atoms with E-state index >= 15 is 0 Å². The number of halogens is 1. The van der Waals surface area contributed by atoms with E-state index in [2.05, 4.69) is 25.4 Å². The number of thiocarbonyl (C=S) groups is 1. The van der Waals surface area contributed by atoms with Crippen molar-refractivity contribution in [2.45, 2.75) is 6.92 Å². The number of hydrogen-bond donors (Lipinski definition) is 3. The number of rotatable bonds is 5. The SMILES string of the molecule is CCNS(=O)(=O)Nc1ccc(C(N)=S)cc1Br. The predicted molar refractivity (Wildman–Crippen MR) is 76.2 cm³/mol. The standard InChI is InChI=1S/C9H12BrN3O2S2/c1-2-12-17(14,15)13-8-4-3-6(9(11)16)5-7(8)10/h3-5,12-13H,2H2,1H3,(H2,11,16). The van der Waals surface area contributed by atoms with E-state index in [1.54, 1.807) is 25.1 Å². The molecular formula is C9H12BrN3O2S2. The van der Waals surface area contributed by atoms with Crippen molar-refractivity contribution in [1.29, 1.82) is 0 Å². The third-order valence-corrected chi connectivity index (χ3v) is 3.88. The average molecular weight is 338 g/mol. The second-order valence-electron chi connectivity index (χ2n) is 3.16. The zero-order valence-electron chi connectivity index (χ0n) is 9.03. The topological polar surface area (TPSA) is 84.2 Å². The molecule has 8 heteroatoms. The van der Waals surface area contributed by atoms with Gasteiger partial charge in [0, 0.05) is 16.6 Å². The van der Waals surface area contributed by atoms with Crippen LogP contribution in [0.15, 0.2) is 22.7 Å². The Balaban J connectivity index is 2.98. The lowest BCUT2D eigenvalue weighted by atomic mass is 10.2. The molecule has 0 heterocycles. The molecule has 0 amide bonds. The van der Waals surface area contributed by atoms with Crippen LogP contribution in [-0.2, 0) is 10.2 Å². The average Bonchev–Trinajstić information content (AvgIpc) is 2.20. The van der Waals surface area contributed by atoms with Crippen molar-refractivity contribution in [3.05, 3.63) is 28.2 Å². The fourth-order valence-electron chi connectivity index (χ4n) is 1.12. The van der Waals surface area contributed by atoms with Gasteiger partial charge in [-0.2, -0.15) is 13.1 Å². The van der Waals surface area contributed by atoms with Crippen LogP contribution in [-0.4, -0.2) is 20.0 Å². The van der Waals surface area contributed by atoms with Gasteiger partial charge in [-0.05, 0) is 34.1 Å². The number of benzene rings is 1. The fraction of sp³-hybridized carbons (Fsp3) is 0.222. The molecule has 0 unspecified atom stereocenters. The Morgan fingerprint density at radius 1 is 1.53 bits per heavy atom. The molecule has 94 valence electrons. The number of anilines is 1. The number of nitrogens with two attached hydrogens (primary N) is 1. The molecular weight excluding hydrogens is 326 g/mol. The van der Waals surface area contributed by atoms with Gasteiger partial charge in [-0.15, -0.1) is 0 Å². The monoisotopic (exact) mass is 337 g/mol. The van der Waals surface area contributed by atoms with Crippen LogP contribution in [0, 0.1) is 0 Å². The summed E-state index contributed by atoms with van der Waals surface area (Å²) in [4.78, 5) is 0.256. The molecule has 5 nitrogen and oxygen atoms in total. The minimum absolute atomic E-state index is 0.256. The van der Waals surface area contributed by atoms with E-state index in [4.69, 9.17) is 18.0 Å². The zero-order valence-corrected chi connectivity index (χ0v) is 12.2. The maximum Gasteiger partial charge on any atom is 0.299 e. The first kappa shape index (κ1) is 14.4. The van der Waals surface area contributed by atoms with Gasteiger partial charge in [0.15, 0.2) is 0 Å². The van der Waals surface area contributed by atoms with Gasteiger partial charge >= 0.3 is 0 Å². The molecule has 1 rings (SSSR count).